The van der Waals surface area contributed by atoms with E-state index in [1.807, 2.05) is 19.1 Å². The van der Waals surface area contributed by atoms with E-state index in [1.54, 1.807) is 12.1 Å². The predicted molar refractivity (Wildman–Crippen MR) is 58.3 cm³/mol. The molecule has 1 aromatic heterocycles. The maximum absolute atomic E-state index is 10.8. The normalized spacial score (nSPS) is 16.0. The second-order valence-electron chi connectivity index (χ2n) is 3.18. The molecule has 1 aliphatic rings. The second kappa shape index (κ2) is 3.37. The van der Waals surface area contributed by atoms with Crippen LogP contribution in [0.5, 0.6) is 0 Å². The Morgan fingerprint density at radius 2 is 2.27 bits per heavy atom. The molecule has 0 spiro atoms. The van der Waals surface area contributed by atoms with E-state index in [0.717, 1.165) is 15.3 Å². The number of aliphatic carboxylic acids is 1. The molecule has 0 unspecified atom stereocenters. The molecule has 0 amide bonds. The van der Waals surface area contributed by atoms with Gasteiger partial charge in [-0.2, -0.15) is 5.26 Å². The number of nitriles is 1. The fourth-order valence-corrected chi connectivity index (χ4v) is 2.57. The van der Waals surface area contributed by atoms with E-state index in [4.69, 9.17) is 10.4 Å². The van der Waals surface area contributed by atoms with Crippen molar-refractivity contribution in [2.75, 3.05) is 0 Å². The lowest BCUT2D eigenvalue weighted by Gasteiger charge is -1.96. The van der Waals surface area contributed by atoms with Crippen LogP contribution in [0.3, 0.4) is 0 Å². The minimum absolute atomic E-state index is 0.188. The first kappa shape index (κ1) is 9.69. The van der Waals surface area contributed by atoms with Crippen LogP contribution in [0.4, 0.5) is 0 Å². The summed E-state index contributed by atoms with van der Waals surface area (Å²) in [6, 6.07) is 3.72. The molecule has 0 aliphatic heterocycles. The molecule has 0 aromatic carbocycles. The van der Waals surface area contributed by atoms with E-state index in [-0.39, 0.29) is 5.57 Å². The van der Waals surface area contributed by atoms with Crippen molar-refractivity contribution in [3.05, 3.63) is 33.0 Å². The zero-order valence-corrected chi connectivity index (χ0v) is 8.76. The quantitative estimate of drug-likeness (QED) is 0.580. The van der Waals surface area contributed by atoms with E-state index in [2.05, 4.69) is 0 Å². The highest BCUT2D eigenvalue weighted by molar-refractivity contribution is 7.13. The summed E-state index contributed by atoms with van der Waals surface area (Å²) in [5, 5.41) is 17.6. The molecule has 0 saturated heterocycles. The van der Waals surface area contributed by atoms with E-state index in [1.165, 1.54) is 11.3 Å². The second-order valence-corrected chi connectivity index (χ2v) is 4.44. The average Bonchev–Trinajstić information content (AvgIpc) is 2.67. The summed E-state index contributed by atoms with van der Waals surface area (Å²) in [4.78, 5) is 12.8. The highest BCUT2D eigenvalue weighted by Crippen LogP contribution is 2.37. The van der Waals surface area contributed by atoms with Crippen molar-refractivity contribution in [1.29, 1.82) is 5.26 Å². The number of rotatable bonds is 1. The minimum atomic E-state index is -1.17. The summed E-state index contributed by atoms with van der Waals surface area (Å²) in [5.41, 5.74) is 1.34. The topological polar surface area (TPSA) is 61.1 Å². The van der Waals surface area contributed by atoms with Crippen molar-refractivity contribution in [1.82, 2.24) is 0 Å². The van der Waals surface area contributed by atoms with Gasteiger partial charge in [0.25, 0.3) is 0 Å². The van der Waals surface area contributed by atoms with Gasteiger partial charge in [-0.25, -0.2) is 4.79 Å². The van der Waals surface area contributed by atoms with Crippen LogP contribution in [-0.4, -0.2) is 11.1 Å². The Morgan fingerprint density at radius 3 is 2.87 bits per heavy atom. The zero-order chi connectivity index (χ0) is 11.0. The van der Waals surface area contributed by atoms with Gasteiger partial charge in [-0.15, -0.1) is 11.3 Å². The first-order chi connectivity index (χ1) is 7.13. The standard InChI is InChI=1S/C11H7NO2S/c1-6-4-7-2-3-8(10(7)15-6)9(5-12)11(13)14/h2-4H,1H3,(H,13,14). The lowest BCUT2D eigenvalue weighted by atomic mass is 10.1. The summed E-state index contributed by atoms with van der Waals surface area (Å²) >= 11 is 1.51. The number of carbonyl (C=O) groups is 1. The number of carboxylic acids is 1. The van der Waals surface area contributed by atoms with Gasteiger partial charge in [-0.3, -0.25) is 0 Å². The number of carboxylic acid groups (broad SMARTS) is 1. The van der Waals surface area contributed by atoms with Crippen molar-refractivity contribution in [2.24, 2.45) is 0 Å². The van der Waals surface area contributed by atoms with E-state index < -0.39 is 5.97 Å². The van der Waals surface area contributed by atoms with Crippen LogP contribution in [0.2, 0.25) is 0 Å². The highest BCUT2D eigenvalue weighted by atomic mass is 32.1. The van der Waals surface area contributed by atoms with Gasteiger partial charge < -0.3 is 5.11 Å². The Morgan fingerprint density at radius 1 is 1.53 bits per heavy atom. The fourth-order valence-electron chi connectivity index (χ4n) is 1.54. The molecule has 0 fully saturated rings. The number of allylic oxidation sites excluding steroid dienone is 2. The Labute approximate surface area is 90.6 Å². The SMILES string of the molecule is Cc1cc2c(s1)C(=C(C#N)C(=O)O)C=C2. The third-order valence-electron chi connectivity index (χ3n) is 2.15. The van der Waals surface area contributed by atoms with Gasteiger partial charge in [-0.1, -0.05) is 12.2 Å². The van der Waals surface area contributed by atoms with Gasteiger partial charge in [0.15, 0.2) is 0 Å². The third kappa shape index (κ3) is 1.47. The van der Waals surface area contributed by atoms with Crippen molar-refractivity contribution in [3.8, 4) is 6.07 Å². The molecule has 3 nitrogen and oxygen atoms in total. The molecule has 1 heterocycles. The summed E-state index contributed by atoms with van der Waals surface area (Å²) in [5.74, 6) is -1.17. The molecule has 0 saturated carbocycles. The lowest BCUT2D eigenvalue weighted by Crippen LogP contribution is -1.99. The number of hydrogen-bond donors (Lipinski definition) is 1. The first-order valence-electron chi connectivity index (χ1n) is 4.30. The Bertz CT molecular complexity index is 543. The first-order valence-corrected chi connectivity index (χ1v) is 5.11. The molecule has 1 N–H and O–H groups in total. The largest absolute Gasteiger partial charge is 0.477 e. The summed E-state index contributed by atoms with van der Waals surface area (Å²) in [6.07, 6.45) is 3.53. The monoisotopic (exact) mass is 217 g/mol. The number of hydrogen-bond acceptors (Lipinski definition) is 3. The Hall–Kier alpha value is -1.86. The maximum atomic E-state index is 10.8. The van der Waals surface area contributed by atoms with E-state index in [9.17, 15) is 4.79 Å². The number of aryl methyl sites for hydroxylation is 1. The van der Waals surface area contributed by atoms with Gasteiger partial charge >= 0.3 is 5.97 Å². The van der Waals surface area contributed by atoms with Crippen molar-refractivity contribution >= 4 is 29.0 Å². The van der Waals surface area contributed by atoms with Crippen LogP contribution in [0, 0.1) is 18.3 Å². The van der Waals surface area contributed by atoms with E-state index in [0.29, 0.717) is 5.57 Å². The van der Waals surface area contributed by atoms with Gasteiger partial charge in [0.2, 0.25) is 0 Å². The summed E-state index contributed by atoms with van der Waals surface area (Å²) < 4.78 is 0. The molecule has 15 heavy (non-hydrogen) atoms. The van der Waals surface area contributed by atoms with Gasteiger partial charge in [0, 0.05) is 15.3 Å². The average molecular weight is 217 g/mol. The molecule has 0 radical (unpaired) electrons. The maximum Gasteiger partial charge on any atom is 0.347 e. The predicted octanol–water partition coefficient (Wildman–Crippen LogP) is 2.45. The van der Waals surface area contributed by atoms with Crippen LogP contribution < -0.4 is 0 Å². The lowest BCUT2D eigenvalue weighted by molar-refractivity contribution is -0.132. The van der Waals surface area contributed by atoms with Crippen LogP contribution >= 0.6 is 11.3 Å². The van der Waals surface area contributed by atoms with Crippen LogP contribution in [0.15, 0.2) is 17.7 Å². The molecule has 1 aliphatic carbocycles. The van der Waals surface area contributed by atoms with Crippen molar-refractivity contribution < 1.29 is 9.90 Å². The molecule has 4 heteroatoms. The Balaban J connectivity index is 2.65. The Kier molecular flexibility index (Phi) is 2.18. The minimum Gasteiger partial charge on any atom is -0.477 e. The molecule has 2 rings (SSSR count). The highest BCUT2D eigenvalue weighted by Gasteiger charge is 2.21. The van der Waals surface area contributed by atoms with Crippen LogP contribution in [0.25, 0.3) is 11.6 Å². The molecule has 1 aromatic rings. The number of nitrogens with zero attached hydrogens (tertiary/aromatic N) is 1. The number of fused-ring (bicyclic) bond motifs is 1. The van der Waals surface area contributed by atoms with Crippen molar-refractivity contribution in [3.63, 3.8) is 0 Å². The molecular formula is C11H7NO2S. The van der Waals surface area contributed by atoms with Gasteiger partial charge in [-0.05, 0) is 18.6 Å². The fraction of sp³-hybridized carbons (Fsp3) is 0.0909. The smallest absolute Gasteiger partial charge is 0.347 e. The van der Waals surface area contributed by atoms with Crippen molar-refractivity contribution in [2.45, 2.75) is 6.92 Å². The third-order valence-corrected chi connectivity index (χ3v) is 3.25. The van der Waals surface area contributed by atoms with E-state index >= 15 is 0 Å². The summed E-state index contributed by atoms with van der Waals surface area (Å²) in [7, 11) is 0. The number of thiophene rings is 1. The molecule has 0 atom stereocenters. The summed E-state index contributed by atoms with van der Waals surface area (Å²) in [6.45, 7) is 1.96. The molecule has 74 valence electrons. The zero-order valence-electron chi connectivity index (χ0n) is 7.94. The van der Waals surface area contributed by atoms with Gasteiger partial charge in [0.05, 0.1) is 0 Å². The molecular weight excluding hydrogens is 210 g/mol. The van der Waals surface area contributed by atoms with Gasteiger partial charge in [0.1, 0.15) is 11.6 Å². The van der Waals surface area contributed by atoms with Crippen LogP contribution in [0.1, 0.15) is 15.3 Å². The van der Waals surface area contributed by atoms with Crippen LogP contribution in [-0.2, 0) is 4.79 Å². The molecule has 0 bridgehead atoms.